The molecule has 0 radical (unpaired) electrons. The molecule has 0 unspecified atom stereocenters. The number of hydrogen-bond donors (Lipinski definition) is 1. The summed E-state index contributed by atoms with van der Waals surface area (Å²) in [5, 5.41) is 13.6. The van der Waals surface area contributed by atoms with Crippen LogP contribution in [0.5, 0.6) is 0 Å². The number of benzene rings is 1. The van der Waals surface area contributed by atoms with Crippen molar-refractivity contribution in [3.63, 3.8) is 0 Å². The van der Waals surface area contributed by atoms with Crippen molar-refractivity contribution in [2.75, 3.05) is 26.7 Å². The van der Waals surface area contributed by atoms with Gasteiger partial charge in [0.15, 0.2) is 5.12 Å². The molecule has 1 N–H and O–H groups in total. The van der Waals surface area contributed by atoms with E-state index in [2.05, 4.69) is 5.32 Å². The summed E-state index contributed by atoms with van der Waals surface area (Å²) in [7, 11) is 1.89. The maximum atomic E-state index is 12.9. The fourth-order valence-corrected chi connectivity index (χ4v) is 4.98. The van der Waals surface area contributed by atoms with Gasteiger partial charge in [0.05, 0.1) is 17.0 Å². The minimum absolute atomic E-state index is 0.00126. The molecular formula is C20H26N4O6S. The van der Waals surface area contributed by atoms with Gasteiger partial charge in [-0.25, -0.2) is 4.79 Å². The highest BCUT2D eigenvalue weighted by Gasteiger charge is 2.39. The quantitative estimate of drug-likeness (QED) is 0.514. The maximum absolute atomic E-state index is 12.9. The SMILES string of the molecule is CC(=O)S[C@H]1C[C@@H](C(=O)N2CC[C@@H](NC(=O)OCc3ccc([N+](=O)[O-])cc3)C2)N(C)C1. The molecule has 168 valence electrons. The molecule has 31 heavy (non-hydrogen) atoms. The minimum Gasteiger partial charge on any atom is -0.445 e. The normalized spacial score (nSPS) is 23.5. The van der Waals surface area contributed by atoms with E-state index in [0.29, 0.717) is 38.0 Å². The van der Waals surface area contributed by atoms with Crippen LogP contribution in [0.4, 0.5) is 10.5 Å². The van der Waals surface area contributed by atoms with Gasteiger partial charge in [-0.15, -0.1) is 0 Å². The molecule has 1 aromatic rings. The molecule has 0 aliphatic carbocycles. The van der Waals surface area contributed by atoms with Gasteiger partial charge in [0.1, 0.15) is 6.61 Å². The topological polar surface area (TPSA) is 122 Å². The molecule has 2 heterocycles. The molecule has 2 aliphatic rings. The average molecular weight is 451 g/mol. The lowest BCUT2D eigenvalue weighted by molar-refractivity contribution is -0.384. The Hall–Kier alpha value is -2.66. The first-order valence-electron chi connectivity index (χ1n) is 10.1. The van der Waals surface area contributed by atoms with Gasteiger partial charge in [-0.2, -0.15) is 0 Å². The zero-order valence-corrected chi connectivity index (χ0v) is 18.3. The highest BCUT2D eigenvalue weighted by atomic mass is 32.2. The van der Waals surface area contributed by atoms with E-state index in [0.717, 1.165) is 0 Å². The van der Waals surface area contributed by atoms with E-state index < -0.39 is 11.0 Å². The number of nitrogens with zero attached hydrogens (tertiary/aromatic N) is 3. The molecule has 0 bridgehead atoms. The van der Waals surface area contributed by atoms with Crippen LogP contribution in [0.2, 0.25) is 0 Å². The molecule has 0 saturated carbocycles. The van der Waals surface area contributed by atoms with Gasteiger partial charge >= 0.3 is 6.09 Å². The number of likely N-dealkylation sites (tertiary alicyclic amines) is 2. The molecule has 11 heteroatoms. The number of nitro groups is 1. The van der Waals surface area contributed by atoms with E-state index in [9.17, 15) is 24.5 Å². The largest absolute Gasteiger partial charge is 0.445 e. The maximum Gasteiger partial charge on any atom is 0.407 e. The van der Waals surface area contributed by atoms with Crippen molar-refractivity contribution in [2.24, 2.45) is 0 Å². The summed E-state index contributed by atoms with van der Waals surface area (Å²) in [6.45, 7) is 3.21. The number of thioether (sulfide) groups is 1. The van der Waals surface area contributed by atoms with Crippen molar-refractivity contribution in [1.82, 2.24) is 15.1 Å². The average Bonchev–Trinajstić information content (AvgIpc) is 3.32. The fourth-order valence-electron chi connectivity index (χ4n) is 3.92. The monoisotopic (exact) mass is 450 g/mol. The molecule has 2 fully saturated rings. The van der Waals surface area contributed by atoms with Crippen LogP contribution in [0.25, 0.3) is 0 Å². The van der Waals surface area contributed by atoms with Crippen LogP contribution in [0.3, 0.4) is 0 Å². The molecule has 0 aromatic heterocycles. The molecule has 1 aromatic carbocycles. The summed E-state index contributed by atoms with van der Waals surface area (Å²) < 4.78 is 5.19. The second kappa shape index (κ2) is 10.1. The van der Waals surface area contributed by atoms with Gasteiger partial charge in [-0.3, -0.25) is 24.6 Å². The van der Waals surface area contributed by atoms with Crippen LogP contribution >= 0.6 is 11.8 Å². The van der Waals surface area contributed by atoms with Crippen molar-refractivity contribution < 1.29 is 24.0 Å². The number of rotatable bonds is 6. The van der Waals surface area contributed by atoms with Gasteiger partial charge in [-0.05, 0) is 37.6 Å². The lowest BCUT2D eigenvalue weighted by atomic mass is 10.2. The van der Waals surface area contributed by atoms with Crippen LogP contribution in [0.15, 0.2) is 24.3 Å². The minimum atomic E-state index is -0.589. The predicted octanol–water partition coefficient (Wildman–Crippen LogP) is 1.77. The molecular weight excluding hydrogens is 424 g/mol. The number of nitrogens with one attached hydrogen (secondary N) is 1. The highest BCUT2D eigenvalue weighted by molar-refractivity contribution is 8.14. The van der Waals surface area contributed by atoms with Crippen molar-refractivity contribution in [3.05, 3.63) is 39.9 Å². The first-order valence-corrected chi connectivity index (χ1v) is 10.9. The molecule has 0 spiro atoms. The first kappa shape index (κ1) is 23.0. The van der Waals surface area contributed by atoms with E-state index in [1.807, 2.05) is 11.9 Å². The smallest absolute Gasteiger partial charge is 0.407 e. The Balaban J connectivity index is 1.43. The summed E-state index contributed by atoms with van der Waals surface area (Å²) in [6, 6.07) is 5.36. The molecule has 2 amide bonds. The number of carbonyl (C=O) groups excluding carboxylic acids is 3. The number of likely N-dealkylation sites (N-methyl/N-ethyl adjacent to an activating group) is 1. The molecule has 3 atom stereocenters. The Kier molecular flexibility index (Phi) is 7.50. The second-order valence-corrected chi connectivity index (χ2v) is 9.31. The van der Waals surface area contributed by atoms with Gasteiger partial charge in [-0.1, -0.05) is 11.8 Å². The fraction of sp³-hybridized carbons (Fsp3) is 0.550. The van der Waals surface area contributed by atoms with Crippen LogP contribution in [0.1, 0.15) is 25.3 Å². The molecule has 10 nitrogen and oxygen atoms in total. The number of ether oxygens (including phenoxy) is 1. The Morgan fingerprint density at radius 2 is 1.97 bits per heavy atom. The third-order valence-electron chi connectivity index (χ3n) is 5.47. The standard InChI is InChI=1S/C20H26N4O6S/c1-13(25)31-17-9-18(22(2)11-17)19(26)23-8-7-15(10-23)21-20(27)30-12-14-3-5-16(6-4-14)24(28)29/h3-6,15,17-18H,7-12H2,1-2H3,(H,21,27)/t15-,17+,18+/m1/s1. The lowest BCUT2D eigenvalue weighted by Gasteiger charge is -2.25. The van der Waals surface area contributed by atoms with Gasteiger partial charge in [0.25, 0.3) is 5.69 Å². The second-order valence-electron chi connectivity index (χ2n) is 7.84. The van der Waals surface area contributed by atoms with Crippen molar-refractivity contribution in [3.8, 4) is 0 Å². The number of nitro benzene ring substituents is 1. The van der Waals surface area contributed by atoms with Crippen LogP contribution in [-0.4, -0.2) is 75.9 Å². The number of alkyl carbamates (subject to hydrolysis) is 1. The van der Waals surface area contributed by atoms with Crippen LogP contribution in [0, 0.1) is 10.1 Å². The number of non-ortho nitro benzene ring substituents is 1. The van der Waals surface area contributed by atoms with E-state index in [1.54, 1.807) is 4.90 Å². The zero-order valence-electron chi connectivity index (χ0n) is 17.5. The van der Waals surface area contributed by atoms with E-state index in [4.69, 9.17) is 4.74 Å². The number of carbonyl (C=O) groups is 3. The number of hydrogen-bond acceptors (Lipinski definition) is 8. The summed E-state index contributed by atoms with van der Waals surface area (Å²) >= 11 is 1.29. The Bertz CT molecular complexity index is 849. The molecule has 3 rings (SSSR count). The van der Waals surface area contributed by atoms with E-state index in [1.165, 1.54) is 43.0 Å². The van der Waals surface area contributed by atoms with E-state index in [-0.39, 0.29) is 40.7 Å². The Morgan fingerprint density at radius 3 is 2.61 bits per heavy atom. The molecule has 2 aliphatic heterocycles. The van der Waals surface area contributed by atoms with Crippen LogP contribution in [-0.2, 0) is 20.9 Å². The van der Waals surface area contributed by atoms with Gasteiger partial charge < -0.3 is 15.0 Å². The Morgan fingerprint density at radius 1 is 1.26 bits per heavy atom. The Labute approximate surface area is 184 Å². The zero-order chi connectivity index (χ0) is 22.5. The van der Waals surface area contributed by atoms with E-state index >= 15 is 0 Å². The third-order valence-corrected chi connectivity index (χ3v) is 6.47. The van der Waals surface area contributed by atoms with Crippen molar-refractivity contribution >= 4 is 34.6 Å². The van der Waals surface area contributed by atoms with Crippen LogP contribution < -0.4 is 5.32 Å². The van der Waals surface area contributed by atoms with Crippen molar-refractivity contribution in [2.45, 2.75) is 43.7 Å². The predicted molar refractivity (Wildman–Crippen MR) is 114 cm³/mol. The van der Waals surface area contributed by atoms with Gasteiger partial charge in [0, 0.05) is 43.9 Å². The third kappa shape index (κ3) is 6.17. The first-order chi connectivity index (χ1) is 14.7. The summed E-state index contributed by atoms with van der Waals surface area (Å²) in [5.41, 5.74) is 0.620. The van der Waals surface area contributed by atoms with Gasteiger partial charge in [0.2, 0.25) is 5.91 Å². The van der Waals surface area contributed by atoms with Crippen molar-refractivity contribution in [1.29, 1.82) is 0 Å². The highest BCUT2D eigenvalue weighted by Crippen LogP contribution is 2.28. The summed E-state index contributed by atoms with van der Waals surface area (Å²) in [6.07, 6.45) is 0.694. The summed E-state index contributed by atoms with van der Waals surface area (Å²) in [5.74, 6) is 0.0256. The number of amides is 2. The lowest BCUT2D eigenvalue weighted by Crippen LogP contribution is -2.45. The molecule has 2 saturated heterocycles. The summed E-state index contributed by atoms with van der Waals surface area (Å²) in [4.78, 5) is 50.3.